The van der Waals surface area contributed by atoms with Crippen LogP contribution < -0.4 is 0 Å². The first-order chi connectivity index (χ1) is 6.33. The standard InChI is InChI=1S/C12H13N/c1-9-6-7-10(8-13)12-5-3-2-4-11(9)12/h6-7H,2-5H2,1H3. The summed E-state index contributed by atoms with van der Waals surface area (Å²) < 4.78 is 0. The highest BCUT2D eigenvalue weighted by Crippen LogP contribution is 2.26. The predicted octanol–water partition coefficient (Wildman–Crippen LogP) is 2.75. The molecule has 0 N–H and O–H groups in total. The van der Waals surface area contributed by atoms with Gasteiger partial charge in [0.15, 0.2) is 0 Å². The van der Waals surface area contributed by atoms with E-state index in [1.165, 1.54) is 29.5 Å². The summed E-state index contributed by atoms with van der Waals surface area (Å²) in [5, 5.41) is 8.93. The maximum Gasteiger partial charge on any atom is 0.0994 e. The van der Waals surface area contributed by atoms with Gasteiger partial charge in [-0.25, -0.2) is 0 Å². The van der Waals surface area contributed by atoms with Crippen LogP contribution in [0.2, 0.25) is 0 Å². The maximum atomic E-state index is 8.93. The number of benzene rings is 1. The molecular weight excluding hydrogens is 158 g/mol. The van der Waals surface area contributed by atoms with Gasteiger partial charge in [0.1, 0.15) is 0 Å². The second-order valence-electron chi connectivity index (χ2n) is 3.71. The number of nitriles is 1. The fraction of sp³-hybridized carbons (Fsp3) is 0.417. The van der Waals surface area contributed by atoms with Crippen LogP contribution >= 0.6 is 0 Å². The minimum atomic E-state index is 0.889. The van der Waals surface area contributed by atoms with Gasteiger partial charge in [0.2, 0.25) is 0 Å². The topological polar surface area (TPSA) is 23.8 Å². The van der Waals surface area contributed by atoms with Crippen molar-refractivity contribution in [2.45, 2.75) is 32.6 Å². The molecule has 0 unspecified atom stereocenters. The molecule has 1 aromatic rings. The molecule has 0 aliphatic heterocycles. The quantitative estimate of drug-likeness (QED) is 0.588. The monoisotopic (exact) mass is 171 g/mol. The van der Waals surface area contributed by atoms with E-state index < -0.39 is 0 Å². The van der Waals surface area contributed by atoms with E-state index in [2.05, 4.69) is 19.1 Å². The summed E-state index contributed by atoms with van der Waals surface area (Å²) in [6.45, 7) is 2.14. The van der Waals surface area contributed by atoms with E-state index in [0.717, 1.165) is 18.4 Å². The molecule has 0 heterocycles. The Kier molecular flexibility index (Phi) is 2.06. The van der Waals surface area contributed by atoms with Crippen molar-refractivity contribution in [3.05, 3.63) is 34.4 Å². The van der Waals surface area contributed by atoms with Crippen LogP contribution in [0.15, 0.2) is 12.1 Å². The first kappa shape index (κ1) is 8.31. The Morgan fingerprint density at radius 2 is 1.85 bits per heavy atom. The number of nitrogens with zero attached hydrogens (tertiary/aromatic N) is 1. The minimum Gasteiger partial charge on any atom is -0.192 e. The number of hydrogen-bond acceptors (Lipinski definition) is 1. The van der Waals surface area contributed by atoms with Gasteiger partial charge in [0, 0.05) is 0 Å². The lowest BCUT2D eigenvalue weighted by atomic mass is 9.86. The van der Waals surface area contributed by atoms with Gasteiger partial charge >= 0.3 is 0 Å². The normalized spacial score (nSPS) is 14.8. The zero-order valence-electron chi connectivity index (χ0n) is 7.93. The van der Waals surface area contributed by atoms with Crippen molar-refractivity contribution in [3.8, 4) is 6.07 Å². The Labute approximate surface area is 79.0 Å². The van der Waals surface area contributed by atoms with Gasteiger partial charge < -0.3 is 0 Å². The Balaban J connectivity index is 2.61. The summed E-state index contributed by atoms with van der Waals surface area (Å²) in [7, 11) is 0. The Morgan fingerprint density at radius 3 is 2.54 bits per heavy atom. The molecule has 0 saturated heterocycles. The maximum absolute atomic E-state index is 8.93. The van der Waals surface area contributed by atoms with E-state index in [1.54, 1.807) is 0 Å². The molecule has 0 saturated carbocycles. The molecule has 0 aromatic heterocycles. The van der Waals surface area contributed by atoms with E-state index in [4.69, 9.17) is 5.26 Å². The fourth-order valence-corrected chi connectivity index (χ4v) is 2.15. The molecular formula is C12H13N. The zero-order chi connectivity index (χ0) is 9.26. The van der Waals surface area contributed by atoms with Gasteiger partial charge in [-0.05, 0) is 55.4 Å². The van der Waals surface area contributed by atoms with Crippen molar-refractivity contribution in [1.82, 2.24) is 0 Å². The van der Waals surface area contributed by atoms with Crippen molar-refractivity contribution in [3.63, 3.8) is 0 Å². The van der Waals surface area contributed by atoms with E-state index >= 15 is 0 Å². The molecule has 1 nitrogen and oxygen atoms in total. The van der Waals surface area contributed by atoms with Crippen molar-refractivity contribution >= 4 is 0 Å². The smallest absolute Gasteiger partial charge is 0.0994 e. The second kappa shape index (κ2) is 3.22. The molecule has 0 atom stereocenters. The van der Waals surface area contributed by atoms with Gasteiger partial charge in [-0.1, -0.05) is 6.07 Å². The molecule has 1 heteroatoms. The lowest BCUT2D eigenvalue weighted by molar-refractivity contribution is 0.680. The average molecular weight is 171 g/mol. The summed E-state index contributed by atoms with van der Waals surface area (Å²) in [4.78, 5) is 0. The summed E-state index contributed by atoms with van der Waals surface area (Å²) in [5.41, 5.74) is 4.99. The largest absolute Gasteiger partial charge is 0.192 e. The predicted molar refractivity (Wildman–Crippen MR) is 52.5 cm³/mol. The van der Waals surface area contributed by atoms with Crippen molar-refractivity contribution in [2.75, 3.05) is 0 Å². The van der Waals surface area contributed by atoms with E-state index in [0.29, 0.717) is 0 Å². The molecule has 0 radical (unpaired) electrons. The summed E-state index contributed by atoms with van der Waals surface area (Å²) in [6.07, 6.45) is 4.78. The molecule has 1 aromatic carbocycles. The highest BCUT2D eigenvalue weighted by atomic mass is 14.3. The Hall–Kier alpha value is -1.29. The molecule has 1 aliphatic rings. The average Bonchev–Trinajstić information content (AvgIpc) is 2.19. The minimum absolute atomic E-state index is 0.889. The van der Waals surface area contributed by atoms with Crippen molar-refractivity contribution in [2.24, 2.45) is 0 Å². The van der Waals surface area contributed by atoms with Gasteiger partial charge in [-0.2, -0.15) is 5.26 Å². The second-order valence-corrected chi connectivity index (χ2v) is 3.71. The van der Waals surface area contributed by atoms with Crippen molar-refractivity contribution in [1.29, 1.82) is 5.26 Å². The molecule has 1 aliphatic carbocycles. The molecule has 0 fully saturated rings. The number of hydrogen-bond donors (Lipinski definition) is 0. The molecule has 66 valence electrons. The zero-order valence-corrected chi connectivity index (χ0v) is 7.93. The van der Waals surface area contributed by atoms with Crippen molar-refractivity contribution < 1.29 is 0 Å². The Bertz CT molecular complexity index is 371. The molecule has 0 spiro atoms. The third-order valence-corrected chi connectivity index (χ3v) is 2.89. The van der Waals surface area contributed by atoms with E-state index in [-0.39, 0.29) is 0 Å². The number of fused-ring (bicyclic) bond motifs is 1. The van der Waals surface area contributed by atoms with Crippen LogP contribution in [-0.2, 0) is 12.8 Å². The third-order valence-electron chi connectivity index (χ3n) is 2.89. The van der Waals surface area contributed by atoms with Gasteiger partial charge in [-0.3, -0.25) is 0 Å². The first-order valence-corrected chi connectivity index (χ1v) is 4.84. The lowest BCUT2D eigenvalue weighted by Crippen LogP contribution is -2.06. The molecule has 0 bridgehead atoms. The van der Waals surface area contributed by atoms with Crippen LogP contribution in [0.5, 0.6) is 0 Å². The van der Waals surface area contributed by atoms with Crippen LogP contribution in [0.1, 0.15) is 35.1 Å². The van der Waals surface area contributed by atoms with Gasteiger partial charge in [-0.15, -0.1) is 0 Å². The lowest BCUT2D eigenvalue weighted by Gasteiger charge is -2.18. The third kappa shape index (κ3) is 1.33. The number of rotatable bonds is 0. The molecule has 2 rings (SSSR count). The van der Waals surface area contributed by atoms with E-state index in [9.17, 15) is 0 Å². The summed E-state index contributed by atoms with van der Waals surface area (Å²) in [6, 6.07) is 6.31. The SMILES string of the molecule is Cc1ccc(C#N)c2c1CCCC2. The van der Waals surface area contributed by atoms with Crippen LogP contribution in [0.4, 0.5) is 0 Å². The number of aryl methyl sites for hydroxylation is 1. The molecule has 13 heavy (non-hydrogen) atoms. The Morgan fingerprint density at radius 1 is 1.15 bits per heavy atom. The van der Waals surface area contributed by atoms with E-state index in [1.807, 2.05) is 6.07 Å². The van der Waals surface area contributed by atoms with Crippen LogP contribution in [0.25, 0.3) is 0 Å². The van der Waals surface area contributed by atoms with Gasteiger partial charge in [0.25, 0.3) is 0 Å². The molecule has 0 amide bonds. The summed E-state index contributed by atoms with van der Waals surface area (Å²) >= 11 is 0. The first-order valence-electron chi connectivity index (χ1n) is 4.84. The van der Waals surface area contributed by atoms with Crippen LogP contribution in [-0.4, -0.2) is 0 Å². The van der Waals surface area contributed by atoms with Crippen LogP contribution in [0.3, 0.4) is 0 Å². The highest BCUT2D eigenvalue weighted by molar-refractivity contribution is 5.47. The summed E-state index contributed by atoms with van der Waals surface area (Å²) in [5.74, 6) is 0. The fourth-order valence-electron chi connectivity index (χ4n) is 2.15. The van der Waals surface area contributed by atoms with Crippen LogP contribution in [0, 0.1) is 18.3 Å². The van der Waals surface area contributed by atoms with Gasteiger partial charge in [0.05, 0.1) is 11.6 Å². The highest BCUT2D eigenvalue weighted by Gasteiger charge is 2.14.